The number of H-pyrrole nitrogens is 1. The first-order valence-corrected chi connectivity index (χ1v) is 8.64. The van der Waals surface area contributed by atoms with Crippen molar-refractivity contribution in [3.05, 3.63) is 50.9 Å². The van der Waals surface area contributed by atoms with Crippen LogP contribution in [-0.4, -0.2) is 22.1 Å². The molecule has 0 fully saturated rings. The molecule has 1 heterocycles. The van der Waals surface area contributed by atoms with Crippen LogP contribution in [0.3, 0.4) is 0 Å². The Morgan fingerprint density at radius 1 is 1.30 bits per heavy atom. The van der Waals surface area contributed by atoms with Gasteiger partial charge in [-0.25, -0.2) is 4.98 Å². The number of hydrogen-bond acceptors (Lipinski definition) is 4. The fourth-order valence-corrected chi connectivity index (χ4v) is 2.74. The molecule has 0 unspecified atom stereocenters. The Balaban J connectivity index is 2.05. The summed E-state index contributed by atoms with van der Waals surface area (Å²) in [4.78, 5) is 31.2. The number of rotatable bonds is 5. The van der Waals surface area contributed by atoms with E-state index in [1.54, 1.807) is 6.92 Å². The summed E-state index contributed by atoms with van der Waals surface area (Å²) in [5, 5.41) is 3.50. The van der Waals surface area contributed by atoms with Gasteiger partial charge in [0.2, 0.25) is 5.91 Å². The summed E-state index contributed by atoms with van der Waals surface area (Å²) in [7, 11) is 0. The van der Waals surface area contributed by atoms with E-state index < -0.39 is 0 Å². The maximum absolute atomic E-state index is 12.1. The van der Waals surface area contributed by atoms with Crippen LogP contribution in [0.15, 0.2) is 28.2 Å². The average molecular weight is 331 g/mol. The highest BCUT2D eigenvalue weighted by Gasteiger charge is 2.11. The van der Waals surface area contributed by atoms with E-state index in [9.17, 15) is 9.59 Å². The van der Waals surface area contributed by atoms with Gasteiger partial charge in [-0.3, -0.25) is 9.59 Å². The van der Waals surface area contributed by atoms with Gasteiger partial charge in [0.15, 0.2) is 5.16 Å². The SMILES string of the molecule is CSc1nc(C)c(CCC(=O)Nc2cccc(C)c2C)c(=O)[nH]1. The Labute approximate surface area is 139 Å². The highest BCUT2D eigenvalue weighted by atomic mass is 32.2. The van der Waals surface area contributed by atoms with Crippen molar-refractivity contribution in [1.29, 1.82) is 0 Å². The minimum atomic E-state index is -0.165. The molecule has 1 aromatic heterocycles. The molecule has 0 atom stereocenters. The molecule has 6 heteroatoms. The quantitative estimate of drug-likeness (QED) is 0.652. The third-order valence-corrected chi connectivity index (χ3v) is 4.45. The van der Waals surface area contributed by atoms with Crippen molar-refractivity contribution in [1.82, 2.24) is 9.97 Å². The zero-order valence-electron chi connectivity index (χ0n) is 13.8. The Bertz CT molecular complexity index is 784. The predicted molar refractivity (Wildman–Crippen MR) is 94.2 cm³/mol. The molecule has 0 aliphatic carbocycles. The lowest BCUT2D eigenvalue weighted by Gasteiger charge is -2.10. The van der Waals surface area contributed by atoms with Gasteiger partial charge in [0.25, 0.3) is 5.56 Å². The number of anilines is 1. The summed E-state index contributed by atoms with van der Waals surface area (Å²) >= 11 is 1.39. The predicted octanol–water partition coefficient (Wildman–Crippen LogP) is 2.99. The number of aromatic nitrogens is 2. The number of hydrogen-bond donors (Lipinski definition) is 2. The second-order valence-electron chi connectivity index (χ2n) is 5.43. The van der Waals surface area contributed by atoms with Crippen LogP contribution in [0.25, 0.3) is 0 Å². The maximum Gasteiger partial charge on any atom is 0.254 e. The van der Waals surface area contributed by atoms with Gasteiger partial charge >= 0.3 is 0 Å². The normalized spacial score (nSPS) is 10.6. The van der Waals surface area contributed by atoms with Crippen LogP contribution < -0.4 is 10.9 Å². The van der Waals surface area contributed by atoms with E-state index in [1.165, 1.54) is 11.8 Å². The highest BCUT2D eigenvalue weighted by molar-refractivity contribution is 7.98. The van der Waals surface area contributed by atoms with E-state index in [2.05, 4.69) is 15.3 Å². The lowest BCUT2D eigenvalue weighted by Crippen LogP contribution is -2.20. The summed E-state index contributed by atoms with van der Waals surface area (Å²) in [5.74, 6) is -0.105. The molecule has 0 bridgehead atoms. The van der Waals surface area contributed by atoms with E-state index in [0.29, 0.717) is 22.8 Å². The van der Waals surface area contributed by atoms with Gasteiger partial charge in [0.1, 0.15) is 0 Å². The number of benzene rings is 1. The minimum Gasteiger partial charge on any atom is -0.326 e. The molecule has 2 rings (SSSR count). The van der Waals surface area contributed by atoms with Crippen molar-refractivity contribution in [2.24, 2.45) is 0 Å². The zero-order valence-corrected chi connectivity index (χ0v) is 14.6. The molecule has 1 aromatic carbocycles. The first-order valence-electron chi connectivity index (χ1n) is 7.42. The second-order valence-corrected chi connectivity index (χ2v) is 6.23. The van der Waals surface area contributed by atoms with Crippen molar-refractivity contribution >= 4 is 23.4 Å². The van der Waals surface area contributed by atoms with Gasteiger partial charge in [0.05, 0.1) is 0 Å². The number of carbonyl (C=O) groups excluding carboxylic acids is 1. The fourth-order valence-electron chi connectivity index (χ4n) is 2.31. The molecule has 2 N–H and O–H groups in total. The molecule has 1 amide bonds. The molecule has 23 heavy (non-hydrogen) atoms. The van der Waals surface area contributed by atoms with Gasteiger partial charge in [0, 0.05) is 23.4 Å². The number of aromatic amines is 1. The lowest BCUT2D eigenvalue weighted by molar-refractivity contribution is -0.116. The third kappa shape index (κ3) is 4.22. The van der Waals surface area contributed by atoms with Crippen LogP contribution in [0.4, 0.5) is 5.69 Å². The molecule has 0 aliphatic rings. The first-order chi connectivity index (χ1) is 10.9. The van der Waals surface area contributed by atoms with E-state index in [-0.39, 0.29) is 17.9 Å². The molecule has 0 radical (unpaired) electrons. The Hall–Kier alpha value is -2.08. The van der Waals surface area contributed by atoms with Gasteiger partial charge in [-0.1, -0.05) is 23.9 Å². The van der Waals surface area contributed by atoms with Crippen LogP contribution in [0, 0.1) is 20.8 Å². The standard InChI is InChI=1S/C17H21N3O2S/c1-10-6-5-7-14(11(10)2)19-15(21)9-8-13-12(3)18-17(23-4)20-16(13)22/h5-7H,8-9H2,1-4H3,(H,19,21)(H,18,20,22). The highest BCUT2D eigenvalue weighted by Crippen LogP contribution is 2.18. The van der Waals surface area contributed by atoms with Crippen LogP contribution in [0.5, 0.6) is 0 Å². The van der Waals surface area contributed by atoms with Crippen LogP contribution >= 0.6 is 11.8 Å². The van der Waals surface area contributed by atoms with E-state index in [0.717, 1.165) is 16.8 Å². The largest absolute Gasteiger partial charge is 0.326 e. The van der Waals surface area contributed by atoms with Gasteiger partial charge in [-0.2, -0.15) is 0 Å². The summed E-state index contributed by atoms with van der Waals surface area (Å²) in [6.45, 7) is 5.78. The van der Waals surface area contributed by atoms with E-state index in [1.807, 2.05) is 38.3 Å². The molecular formula is C17H21N3O2S. The van der Waals surface area contributed by atoms with Crippen molar-refractivity contribution < 1.29 is 4.79 Å². The van der Waals surface area contributed by atoms with E-state index >= 15 is 0 Å². The number of thioether (sulfide) groups is 1. The van der Waals surface area contributed by atoms with Crippen molar-refractivity contribution in [3.8, 4) is 0 Å². The molecular weight excluding hydrogens is 310 g/mol. The first kappa shape index (κ1) is 17.3. The maximum atomic E-state index is 12.1. The topological polar surface area (TPSA) is 74.8 Å². The molecule has 0 saturated heterocycles. The number of carbonyl (C=O) groups is 1. The number of amides is 1. The van der Waals surface area contributed by atoms with Gasteiger partial charge in [-0.15, -0.1) is 0 Å². The number of aryl methyl sites for hydroxylation is 2. The lowest BCUT2D eigenvalue weighted by atomic mass is 10.1. The van der Waals surface area contributed by atoms with Gasteiger partial charge in [-0.05, 0) is 50.6 Å². The molecule has 2 aromatic rings. The Morgan fingerprint density at radius 2 is 2.04 bits per heavy atom. The Morgan fingerprint density at radius 3 is 2.70 bits per heavy atom. The molecule has 5 nitrogen and oxygen atoms in total. The molecule has 0 aliphatic heterocycles. The molecule has 0 saturated carbocycles. The van der Waals surface area contributed by atoms with Crippen LogP contribution in [0.2, 0.25) is 0 Å². The van der Waals surface area contributed by atoms with E-state index in [4.69, 9.17) is 0 Å². The van der Waals surface area contributed by atoms with Gasteiger partial charge < -0.3 is 10.3 Å². The summed E-state index contributed by atoms with van der Waals surface area (Å²) < 4.78 is 0. The summed E-state index contributed by atoms with van der Waals surface area (Å²) in [6, 6.07) is 5.80. The molecule has 122 valence electrons. The number of nitrogens with one attached hydrogen (secondary N) is 2. The third-order valence-electron chi connectivity index (χ3n) is 3.87. The van der Waals surface area contributed by atoms with Crippen LogP contribution in [-0.2, 0) is 11.2 Å². The monoisotopic (exact) mass is 331 g/mol. The molecule has 0 spiro atoms. The summed E-state index contributed by atoms with van der Waals surface area (Å²) in [6.07, 6.45) is 2.48. The van der Waals surface area contributed by atoms with Crippen molar-refractivity contribution in [3.63, 3.8) is 0 Å². The average Bonchev–Trinajstić information content (AvgIpc) is 2.50. The van der Waals surface area contributed by atoms with Crippen LogP contribution in [0.1, 0.15) is 28.8 Å². The second kappa shape index (κ2) is 7.46. The summed E-state index contributed by atoms with van der Waals surface area (Å²) in [5.41, 5.74) is 4.09. The zero-order chi connectivity index (χ0) is 17.0. The number of nitrogens with zero attached hydrogens (tertiary/aromatic N) is 1. The minimum absolute atomic E-state index is 0.105. The van der Waals surface area contributed by atoms with Crippen molar-refractivity contribution in [2.75, 3.05) is 11.6 Å². The fraction of sp³-hybridized carbons (Fsp3) is 0.353. The Kier molecular flexibility index (Phi) is 5.60. The smallest absolute Gasteiger partial charge is 0.254 e. The van der Waals surface area contributed by atoms with Crippen molar-refractivity contribution in [2.45, 2.75) is 38.8 Å².